The van der Waals surface area contributed by atoms with Gasteiger partial charge in [0.25, 0.3) is 0 Å². The summed E-state index contributed by atoms with van der Waals surface area (Å²) in [7, 11) is 2.03. The third-order valence-electron chi connectivity index (χ3n) is 4.74. The summed E-state index contributed by atoms with van der Waals surface area (Å²) in [6, 6.07) is 23.1. The second-order valence-corrected chi connectivity index (χ2v) is 7.07. The van der Waals surface area contributed by atoms with Crippen molar-refractivity contribution in [2.45, 2.75) is 20.0 Å². The van der Waals surface area contributed by atoms with E-state index in [0.29, 0.717) is 12.1 Å². The summed E-state index contributed by atoms with van der Waals surface area (Å²) in [5.74, 6) is -0.406. The topological polar surface area (TPSA) is 44.4 Å². The monoisotopic (exact) mass is 391 g/mol. The van der Waals surface area contributed by atoms with Gasteiger partial charge in [0.05, 0.1) is 17.9 Å². The smallest absolute Gasteiger partial charge is 0.239 e. The quantitative estimate of drug-likeness (QED) is 0.594. The van der Waals surface area contributed by atoms with Crippen molar-refractivity contribution < 1.29 is 9.18 Å². The van der Waals surface area contributed by atoms with Gasteiger partial charge in [-0.3, -0.25) is 4.79 Å². The largest absolute Gasteiger partial charge is 0.374 e. The molecule has 3 aromatic carbocycles. The van der Waals surface area contributed by atoms with Crippen LogP contribution in [0, 0.1) is 12.7 Å². The number of amides is 1. The van der Waals surface area contributed by atoms with E-state index in [2.05, 4.69) is 27.7 Å². The minimum absolute atomic E-state index is 0.143. The highest BCUT2D eigenvalue weighted by Crippen LogP contribution is 2.25. The lowest BCUT2D eigenvalue weighted by Gasteiger charge is -2.23. The predicted molar refractivity (Wildman–Crippen MR) is 116 cm³/mol. The maximum absolute atomic E-state index is 13.6. The molecule has 0 aliphatic rings. The van der Waals surface area contributed by atoms with Crippen LogP contribution in [0.25, 0.3) is 0 Å². The molecule has 5 heteroatoms. The van der Waals surface area contributed by atoms with Crippen LogP contribution < -0.4 is 15.5 Å². The van der Waals surface area contributed by atoms with Gasteiger partial charge in [-0.15, -0.1) is 0 Å². The molecule has 29 heavy (non-hydrogen) atoms. The average molecular weight is 391 g/mol. The number of rotatable bonds is 8. The van der Waals surface area contributed by atoms with Gasteiger partial charge in [-0.1, -0.05) is 54.6 Å². The number of halogens is 1. The van der Waals surface area contributed by atoms with Crippen LogP contribution >= 0.6 is 0 Å². The lowest BCUT2D eigenvalue weighted by molar-refractivity contribution is -0.119. The molecule has 0 aliphatic carbocycles. The Morgan fingerprint density at radius 3 is 2.45 bits per heavy atom. The third kappa shape index (κ3) is 5.82. The van der Waals surface area contributed by atoms with Crippen LogP contribution in [0.15, 0.2) is 72.8 Å². The first-order valence-corrected chi connectivity index (χ1v) is 9.62. The molecule has 0 heterocycles. The van der Waals surface area contributed by atoms with Crippen molar-refractivity contribution in [1.29, 1.82) is 0 Å². The summed E-state index contributed by atoms with van der Waals surface area (Å²) in [5.41, 5.74) is 4.46. The Morgan fingerprint density at radius 1 is 0.966 bits per heavy atom. The molecule has 3 rings (SSSR count). The Hall–Kier alpha value is -3.34. The van der Waals surface area contributed by atoms with Gasteiger partial charge in [-0.2, -0.15) is 0 Å². The minimum atomic E-state index is -0.259. The Kier molecular flexibility index (Phi) is 6.85. The van der Waals surface area contributed by atoms with Crippen molar-refractivity contribution in [2.75, 3.05) is 23.8 Å². The normalized spacial score (nSPS) is 10.4. The summed E-state index contributed by atoms with van der Waals surface area (Å²) in [5, 5.41) is 6.03. The summed E-state index contributed by atoms with van der Waals surface area (Å²) in [4.78, 5) is 14.4. The van der Waals surface area contributed by atoms with E-state index in [0.717, 1.165) is 23.5 Å². The molecule has 0 fully saturated rings. The Bertz CT molecular complexity index is 959. The summed E-state index contributed by atoms with van der Waals surface area (Å²) in [6.45, 7) is 2.93. The van der Waals surface area contributed by atoms with Crippen LogP contribution in [0.5, 0.6) is 0 Å². The van der Waals surface area contributed by atoms with E-state index < -0.39 is 0 Å². The van der Waals surface area contributed by atoms with E-state index in [1.807, 2.05) is 55.6 Å². The van der Waals surface area contributed by atoms with Crippen LogP contribution in [-0.2, 0) is 17.9 Å². The molecule has 0 atom stereocenters. The molecule has 0 saturated heterocycles. The fraction of sp³-hybridized carbons (Fsp3) is 0.208. The number of anilines is 2. The van der Waals surface area contributed by atoms with Gasteiger partial charge < -0.3 is 15.5 Å². The molecule has 0 spiro atoms. The van der Waals surface area contributed by atoms with Crippen LogP contribution in [0.1, 0.15) is 16.7 Å². The summed E-state index contributed by atoms with van der Waals surface area (Å²) in [6.07, 6.45) is 0. The van der Waals surface area contributed by atoms with E-state index >= 15 is 0 Å². The van der Waals surface area contributed by atoms with Gasteiger partial charge in [0.1, 0.15) is 5.82 Å². The van der Waals surface area contributed by atoms with Gasteiger partial charge in [0.15, 0.2) is 0 Å². The SMILES string of the molecule is Cc1ccc(CNC(=O)CNc2ccccc2N(C)Cc2ccccc2)cc1F. The summed E-state index contributed by atoms with van der Waals surface area (Å²) >= 11 is 0. The number of para-hydroxylation sites is 2. The molecule has 0 bridgehead atoms. The first-order valence-electron chi connectivity index (χ1n) is 9.62. The highest BCUT2D eigenvalue weighted by Gasteiger charge is 2.09. The molecular weight excluding hydrogens is 365 g/mol. The zero-order chi connectivity index (χ0) is 20.6. The second-order valence-electron chi connectivity index (χ2n) is 7.07. The Morgan fingerprint density at radius 2 is 1.69 bits per heavy atom. The number of carbonyl (C=O) groups excluding carboxylic acids is 1. The van der Waals surface area contributed by atoms with E-state index in [9.17, 15) is 9.18 Å². The van der Waals surface area contributed by atoms with E-state index in [1.165, 1.54) is 11.6 Å². The number of hydrogen-bond donors (Lipinski definition) is 2. The van der Waals surface area contributed by atoms with Crippen molar-refractivity contribution in [3.63, 3.8) is 0 Å². The Balaban J connectivity index is 1.56. The standard InChI is InChI=1S/C24H26FN3O/c1-18-12-13-20(14-21(18)25)15-27-24(29)16-26-22-10-6-7-11-23(22)28(2)17-19-8-4-3-5-9-19/h3-14,26H,15-17H2,1-2H3,(H,27,29). The lowest BCUT2D eigenvalue weighted by Crippen LogP contribution is -2.30. The van der Waals surface area contributed by atoms with Crippen molar-refractivity contribution in [3.8, 4) is 0 Å². The highest BCUT2D eigenvalue weighted by atomic mass is 19.1. The molecule has 2 N–H and O–H groups in total. The first-order chi connectivity index (χ1) is 14.0. The average Bonchev–Trinajstić information content (AvgIpc) is 2.74. The Labute approximate surface area is 171 Å². The zero-order valence-corrected chi connectivity index (χ0v) is 16.8. The van der Waals surface area contributed by atoms with Crippen LogP contribution in [0.2, 0.25) is 0 Å². The molecule has 0 aromatic heterocycles. The molecule has 3 aromatic rings. The van der Waals surface area contributed by atoms with Crippen LogP contribution in [-0.4, -0.2) is 19.5 Å². The predicted octanol–water partition coefficient (Wildman–Crippen LogP) is 4.50. The van der Waals surface area contributed by atoms with Crippen LogP contribution in [0.4, 0.5) is 15.8 Å². The fourth-order valence-corrected chi connectivity index (χ4v) is 3.08. The molecule has 0 radical (unpaired) electrons. The van der Waals surface area contributed by atoms with Gasteiger partial charge >= 0.3 is 0 Å². The van der Waals surface area contributed by atoms with Crippen molar-refractivity contribution in [3.05, 3.63) is 95.3 Å². The van der Waals surface area contributed by atoms with Gasteiger partial charge in [0.2, 0.25) is 5.91 Å². The number of nitrogens with zero attached hydrogens (tertiary/aromatic N) is 1. The maximum Gasteiger partial charge on any atom is 0.239 e. The molecule has 4 nitrogen and oxygen atoms in total. The first kappa shape index (κ1) is 20.4. The van der Waals surface area contributed by atoms with Gasteiger partial charge in [-0.25, -0.2) is 4.39 Å². The molecule has 150 valence electrons. The molecule has 0 aliphatic heterocycles. The molecular formula is C24H26FN3O. The van der Waals surface area contributed by atoms with E-state index in [4.69, 9.17) is 0 Å². The van der Waals surface area contributed by atoms with Crippen LogP contribution in [0.3, 0.4) is 0 Å². The number of nitrogens with one attached hydrogen (secondary N) is 2. The lowest BCUT2D eigenvalue weighted by atomic mass is 10.1. The van der Waals surface area contributed by atoms with Crippen molar-refractivity contribution >= 4 is 17.3 Å². The number of benzene rings is 3. The number of hydrogen-bond acceptors (Lipinski definition) is 3. The minimum Gasteiger partial charge on any atom is -0.374 e. The van der Waals surface area contributed by atoms with Crippen molar-refractivity contribution in [1.82, 2.24) is 5.32 Å². The maximum atomic E-state index is 13.6. The molecule has 1 amide bonds. The highest BCUT2D eigenvalue weighted by molar-refractivity contribution is 5.82. The van der Waals surface area contributed by atoms with Crippen molar-refractivity contribution in [2.24, 2.45) is 0 Å². The number of aryl methyl sites for hydroxylation is 1. The fourth-order valence-electron chi connectivity index (χ4n) is 3.08. The number of carbonyl (C=O) groups is 1. The summed E-state index contributed by atoms with van der Waals surface area (Å²) < 4.78 is 13.6. The molecule has 0 unspecified atom stereocenters. The zero-order valence-electron chi connectivity index (χ0n) is 16.8. The van der Waals surface area contributed by atoms with Gasteiger partial charge in [0, 0.05) is 20.1 Å². The molecule has 0 saturated carbocycles. The third-order valence-corrected chi connectivity index (χ3v) is 4.74. The van der Waals surface area contributed by atoms with E-state index in [-0.39, 0.29) is 18.3 Å². The van der Waals surface area contributed by atoms with E-state index in [1.54, 1.807) is 13.0 Å². The van der Waals surface area contributed by atoms with Gasteiger partial charge in [-0.05, 0) is 41.8 Å². The second kappa shape index (κ2) is 9.73.